The molecule has 6 heteroatoms. The zero-order chi connectivity index (χ0) is 21.8. The maximum Gasteiger partial charge on any atom is 0.343 e. The van der Waals surface area contributed by atoms with Gasteiger partial charge in [-0.1, -0.05) is 35.4 Å². The molecule has 1 N–H and O–H groups in total. The number of fused-ring (bicyclic) bond motifs is 1. The summed E-state index contributed by atoms with van der Waals surface area (Å²) >= 11 is 6.10. The summed E-state index contributed by atoms with van der Waals surface area (Å²) in [6, 6.07) is 5.63. The van der Waals surface area contributed by atoms with Gasteiger partial charge < -0.3 is 14.6 Å². The Morgan fingerprint density at radius 2 is 2.06 bits per heavy atom. The van der Waals surface area contributed by atoms with Gasteiger partial charge in [0.2, 0.25) is 5.43 Å². The summed E-state index contributed by atoms with van der Waals surface area (Å²) < 4.78 is 7.08. The molecule has 0 saturated heterocycles. The molecule has 0 atom stereocenters. The van der Waals surface area contributed by atoms with Crippen molar-refractivity contribution in [2.24, 2.45) is 0 Å². The molecule has 31 heavy (non-hydrogen) atoms. The van der Waals surface area contributed by atoms with Gasteiger partial charge in [-0.05, 0) is 63.0 Å². The zero-order valence-corrected chi connectivity index (χ0v) is 18.2. The molecule has 0 unspecified atom stereocenters. The number of rotatable bonds is 6. The number of carbonyl (C=O) groups excluding carboxylic acids is 1. The molecule has 2 aliphatic carbocycles. The third kappa shape index (κ3) is 4.83. The highest BCUT2D eigenvalue weighted by atomic mass is 35.5. The Hall–Kier alpha value is -3.05. The van der Waals surface area contributed by atoms with Crippen LogP contribution in [0.2, 0.25) is 0 Å². The minimum Gasteiger partial charge on any atom is -0.462 e. The number of pyridine rings is 1. The van der Waals surface area contributed by atoms with Crippen LogP contribution < -0.4 is 10.7 Å². The standard InChI is InChI=1S/C25H25ClN2O3/c1-2-31-25(30)22-16-28(15-17-8-10-18(26)11-9-17)23-14-20(12-13-21(23)24(22)29)27-19-6-4-3-5-7-19/h3-4,6,8,10,12-14,16,27H,2,5,7,9,11,15H2,1H3. The number of ether oxygens (including phenoxy) is 1. The van der Waals surface area contributed by atoms with Gasteiger partial charge in [-0.2, -0.15) is 0 Å². The van der Waals surface area contributed by atoms with Crippen molar-refractivity contribution in [1.82, 2.24) is 4.57 Å². The topological polar surface area (TPSA) is 60.3 Å². The third-order valence-electron chi connectivity index (χ3n) is 5.45. The number of carbonyl (C=O) groups is 1. The first-order valence-corrected chi connectivity index (χ1v) is 10.9. The number of esters is 1. The number of anilines is 1. The average molecular weight is 437 g/mol. The fourth-order valence-electron chi connectivity index (χ4n) is 3.85. The summed E-state index contributed by atoms with van der Waals surface area (Å²) in [5.41, 5.74) is 3.75. The maximum atomic E-state index is 13.0. The van der Waals surface area contributed by atoms with Gasteiger partial charge in [0.05, 0.1) is 12.1 Å². The van der Waals surface area contributed by atoms with E-state index in [1.807, 2.05) is 34.9 Å². The third-order valence-corrected chi connectivity index (χ3v) is 5.77. The van der Waals surface area contributed by atoms with Crippen LogP contribution in [0.4, 0.5) is 5.69 Å². The molecule has 0 amide bonds. The zero-order valence-electron chi connectivity index (χ0n) is 17.5. The molecule has 1 heterocycles. The highest BCUT2D eigenvalue weighted by Crippen LogP contribution is 2.25. The summed E-state index contributed by atoms with van der Waals surface area (Å²) in [5, 5.41) is 4.78. The lowest BCUT2D eigenvalue weighted by molar-refractivity contribution is 0.0524. The quantitative estimate of drug-likeness (QED) is 0.593. The second-order valence-corrected chi connectivity index (χ2v) is 8.16. The van der Waals surface area contributed by atoms with Gasteiger partial charge in [0, 0.05) is 34.5 Å². The van der Waals surface area contributed by atoms with Crippen LogP contribution in [0, 0.1) is 0 Å². The predicted molar refractivity (Wildman–Crippen MR) is 125 cm³/mol. The average Bonchev–Trinajstić information content (AvgIpc) is 2.78. The van der Waals surface area contributed by atoms with E-state index in [4.69, 9.17) is 16.3 Å². The number of benzene rings is 1. The van der Waals surface area contributed by atoms with Gasteiger partial charge in [-0.15, -0.1) is 0 Å². The maximum absolute atomic E-state index is 13.0. The number of halogens is 1. The summed E-state index contributed by atoms with van der Waals surface area (Å²) in [6.07, 6.45) is 15.4. The molecule has 0 bridgehead atoms. The van der Waals surface area contributed by atoms with Crippen LogP contribution in [0.15, 0.2) is 75.9 Å². The minimum absolute atomic E-state index is 0.0557. The van der Waals surface area contributed by atoms with Crippen LogP contribution in [-0.4, -0.2) is 17.1 Å². The number of hydrogen-bond acceptors (Lipinski definition) is 4. The number of hydrogen-bond donors (Lipinski definition) is 1. The Balaban J connectivity index is 1.79. The number of nitrogens with zero attached hydrogens (tertiary/aromatic N) is 1. The first-order valence-electron chi connectivity index (χ1n) is 10.6. The lowest BCUT2D eigenvalue weighted by atomic mass is 10.0. The molecular weight excluding hydrogens is 412 g/mol. The van der Waals surface area contributed by atoms with Crippen LogP contribution >= 0.6 is 11.6 Å². The predicted octanol–water partition coefficient (Wildman–Crippen LogP) is 5.67. The van der Waals surface area contributed by atoms with E-state index in [1.165, 1.54) is 5.57 Å². The van der Waals surface area contributed by atoms with Gasteiger partial charge in [0.25, 0.3) is 0 Å². The lowest BCUT2D eigenvalue weighted by Crippen LogP contribution is -2.21. The van der Waals surface area contributed by atoms with E-state index in [0.717, 1.165) is 47.6 Å². The van der Waals surface area contributed by atoms with Crippen molar-refractivity contribution in [3.05, 3.63) is 86.9 Å². The molecule has 5 nitrogen and oxygen atoms in total. The Bertz CT molecular complexity index is 1200. The smallest absolute Gasteiger partial charge is 0.343 e. The summed E-state index contributed by atoms with van der Waals surface area (Å²) in [7, 11) is 0. The van der Waals surface area contributed by atoms with Crippen molar-refractivity contribution in [2.75, 3.05) is 11.9 Å². The number of aromatic nitrogens is 1. The lowest BCUT2D eigenvalue weighted by Gasteiger charge is -2.18. The Labute approximate surface area is 186 Å². The van der Waals surface area contributed by atoms with Gasteiger partial charge in [0.1, 0.15) is 5.56 Å². The van der Waals surface area contributed by atoms with E-state index in [-0.39, 0.29) is 17.6 Å². The van der Waals surface area contributed by atoms with Crippen molar-refractivity contribution in [3.63, 3.8) is 0 Å². The monoisotopic (exact) mass is 436 g/mol. The van der Waals surface area contributed by atoms with E-state index in [1.54, 1.807) is 19.2 Å². The van der Waals surface area contributed by atoms with Crippen molar-refractivity contribution in [2.45, 2.75) is 39.2 Å². The van der Waals surface area contributed by atoms with E-state index in [2.05, 4.69) is 17.5 Å². The van der Waals surface area contributed by atoms with Crippen LogP contribution in [0.25, 0.3) is 10.9 Å². The molecule has 2 aromatic rings. The Kier molecular flexibility index (Phi) is 6.42. The Morgan fingerprint density at radius 3 is 2.77 bits per heavy atom. The SMILES string of the molecule is CCOC(=O)c1cn(CC2=CC=C(Cl)CC2)c2cc(NC3=CC=CCC3)ccc2c1=O. The van der Waals surface area contributed by atoms with Crippen LogP contribution in [-0.2, 0) is 11.3 Å². The Morgan fingerprint density at radius 1 is 1.19 bits per heavy atom. The van der Waals surface area contributed by atoms with Crippen molar-refractivity contribution in [1.29, 1.82) is 0 Å². The first kappa shape index (κ1) is 21.2. The van der Waals surface area contributed by atoms with Crippen molar-refractivity contribution in [3.8, 4) is 0 Å². The molecule has 0 fully saturated rings. The number of allylic oxidation sites excluding steroid dienone is 8. The minimum atomic E-state index is -0.593. The molecule has 1 aromatic carbocycles. The molecule has 1 aromatic heterocycles. The fraction of sp³-hybridized carbons (Fsp3) is 0.280. The highest BCUT2D eigenvalue weighted by molar-refractivity contribution is 6.29. The summed E-state index contributed by atoms with van der Waals surface area (Å²) in [6.45, 7) is 2.52. The molecule has 0 aliphatic heterocycles. The second-order valence-electron chi connectivity index (χ2n) is 7.67. The van der Waals surface area contributed by atoms with Crippen molar-refractivity contribution < 1.29 is 9.53 Å². The molecule has 160 valence electrons. The fourth-order valence-corrected chi connectivity index (χ4v) is 4.01. The van der Waals surface area contributed by atoms with Gasteiger partial charge in [0.15, 0.2) is 0 Å². The van der Waals surface area contributed by atoms with Gasteiger partial charge in [-0.25, -0.2) is 4.79 Å². The van der Waals surface area contributed by atoms with Crippen LogP contribution in [0.5, 0.6) is 0 Å². The van der Waals surface area contributed by atoms with Crippen LogP contribution in [0.3, 0.4) is 0 Å². The van der Waals surface area contributed by atoms with Gasteiger partial charge >= 0.3 is 5.97 Å². The van der Waals surface area contributed by atoms with E-state index in [9.17, 15) is 9.59 Å². The summed E-state index contributed by atoms with van der Waals surface area (Å²) in [5.74, 6) is -0.593. The first-order chi connectivity index (χ1) is 15.0. The molecule has 2 aliphatic rings. The largest absolute Gasteiger partial charge is 0.462 e. The molecule has 0 spiro atoms. The molecule has 4 rings (SSSR count). The normalized spacial score (nSPS) is 15.9. The van der Waals surface area contributed by atoms with E-state index < -0.39 is 5.97 Å². The van der Waals surface area contributed by atoms with E-state index >= 15 is 0 Å². The summed E-state index contributed by atoms with van der Waals surface area (Å²) in [4.78, 5) is 25.5. The van der Waals surface area contributed by atoms with Crippen LogP contribution in [0.1, 0.15) is 43.0 Å². The van der Waals surface area contributed by atoms with E-state index in [0.29, 0.717) is 11.9 Å². The highest BCUT2D eigenvalue weighted by Gasteiger charge is 2.18. The second kappa shape index (κ2) is 9.40. The molecular formula is C25H25ClN2O3. The van der Waals surface area contributed by atoms with Gasteiger partial charge in [-0.3, -0.25) is 4.79 Å². The number of nitrogens with one attached hydrogen (secondary N) is 1. The molecule has 0 saturated carbocycles. The molecule has 0 radical (unpaired) electrons. The van der Waals surface area contributed by atoms with Crippen molar-refractivity contribution >= 4 is 34.2 Å².